The molecular formula is C22H28O4. The summed E-state index contributed by atoms with van der Waals surface area (Å²) in [6.07, 6.45) is 3.70. The minimum absolute atomic E-state index is 0.201. The number of carbonyl (C=O) groups excluding carboxylic acids is 2. The van der Waals surface area contributed by atoms with Crippen molar-refractivity contribution in [3.8, 4) is 0 Å². The molecule has 1 aromatic rings. The van der Waals surface area contributed by atoms with Gasteiger partial charge in [-0.25, -0.2) is 4.79 Å². The number of esters is 2. The van der Waals surface area contributed by atoms with Crippen molar-refractivity contribution in [1.29, 1.82) is 0 Å². The van der Waals surface area contributed by atoms with E-state index in [1.165, 1.54) is 0 Å². The standard InChI is InChI=1S/C22H28O4/c1-13(2)10-17(23)25-20-19(18-15(4)11-14(3)12-16(18)5)21(24)26-22(20)8-6-7-9-22/h11-13H,6-10H2,1-5H3. The number of rotatable bonds is 4. The van der Waals surface area contributed by atoms with Crippen LogP contribution >= 0.6 is 0 Å². The molecular weight excluding hydrogens is 328 g/mol. The molecule has 0 bridgehead atoms. The monoisotopic (exact) mass is 356 g/mol. The first-order valence-electron chi connectivity index (χ1n) is 9.50. The van der Waals surface area contributed by atoms with Crippen LogP contribution in [0.2, 0.25) is 0 Å². The molecule has 0 saturated heterocycles. The molecule has 0 atom stereocenters. The molecule has 4 heteroatoms. The summed E-state index contributed by atoms with van der Waals surface area (Å²) in [6, 6.07) is 4.10. The van der Waals surface area contributed by atoms with Crippen molar-refractivity contribution < 1.29 is 19.1 Å². The van der Waals surface area contributed by atoms with Gasteiger partial charge in [0.05, 0.1) is 0 Å². The Morgan fingerprint density at radius 1 is 1.15 bits per heavy atom. The third-order valence-electron chi connectivity index (χ3n) is 5.26. The topological polar surface area (TPSA) is 52.6 Å². The van der Waals surface area contributed by atoms with Gasteiger partial charge in [0.15, 0.2) is 11.4 Å². The van der Waals surface area contributed by atoms with Gasteiger partial charge in [-0.15, -0.1) is 0 Å². The molecule has 140 valence electrons. The second-order valence-corrected chi connectivity index (χ2v) is 8.14. The third kappa shape index (κ3) is 3.29. The zero-order chi connectivity index (χ0) is 19.1. The number of benzene rings is 1. The van der Waals surface area contributed by atoms with E-state index in [1.54, 1.807) is 0 Å². The van der Waals surface area contributed by atoms with Crippen LogP contribution in [0.3, 0.4) is 0 Å². The van der Waals surface area contributed by atoms with Crippen LogP contribution in [0.1, 0.15) is 68.2 Å². The smallest absolute Gasteiger partial charge is 0.343 e. The molecule has 1 aliphatic heterocycles. The maximum Gasteiger partial charge on any atom is 0.343 e. The average Bonchev–Trinajstić information content (AvgIpc) is 3.06. The first kappa shape index (κ1) is 18.7. The molecule has 0 unspecified atom stereocenters. The summed E-state index contributed by atoms with van der Waals surface area (Å²) >= 11 is 0. The van der Waals surface area contributed by atoms with Gasteiger partial charge in [0, 0.05) is 6.42 Å². The SMILES string of the molecule is Cc1cc(C)c(C2=C(OC(=O)CC(C)C)C3(CCCC3)OC2=O)c(C)c1. The number of ether oxygens (including phenoxy) is 2. The van der Waals surface area contributed by atoms with Crippen molar-refractivity contribution in [2.24, 2.45) is 5.92 Å². The van der Waals surface area contributed by atoms with E-state index in [0.29, 0.717) is 17.8 Å². The molecule has 1 saturated carbocycles. The Kier molecular flexibility index (Phi) is 4.96. The molecule has 2 aliphatic rings. The van der Waals surface area contributed by atoms with Gasteiger partial charge in [0.25, 0.3) is 0 Å². The Morgan fingerprint density at radius 3 is 2.27 bits per heavy atom. The van der Waals surface area contributed by atoms with Gasteiger partial charge in [-0.2, -0.15) is 0 Å². The fraction of sp³-hybridized carbons (Fsp3) is 0.545. The Bertz CT molecular complexity index is 756. The number of aryl methyl sites for hydroxylation is 3. The third-order valence-corrected chi connectivity index (χ3v) is 5.26. The lowest BCUT2D eigenvalue weighted by Crippen LogP contribution is -2.30. The van der Waals surface area contributed by atoms with E-state index in [0.717, 1.165) is 47.9 Å². The maximum absolute atomic E-state index is 12.9. The molecule has 1 aliphatic carbocycles. The maximum atomic E-state index is 12.9. The first-order chi connectivity index (χ1) is 12.2. The predicted molar refractivity (Wildman–Crippen MR) is 100 cm³/mol. The van der Waals surface area contributed by atoms with Gasteiger partial charge in [0.1, 0.15) is 5.57 Å². The molecule has 1 fully saturated rings. The van der Waals surface area contributed by atoms with Gasteiger partial charge in [-0.3, -0.25) is 4.79 Å². The molecule has 4 nitrogen and oxygen atoms in total. The number of hydrogen-bond donors (Lipinski definition) is 0. The molecule has 1 spiro atoms. The largest absolute Gasteiger partial charge is 0.447 e. The zero-order valence-electron chi connectivity index (χ0n) is 16.4. The Hall–Kier alpha value is -2.10. The van der Waals surface area contributed by atoms with Crippen molar-refractivity contribution in [2.45, 2.75) is 72.3 Å². The molecule has 0 aromatic heterocycles. The summed E-state index contributed by atoms with van der Waals surface area (Å²) in [4.78, 5) is 25.3. The second-order valence-electron chi connectivity index (χ2n) is 8.14. The quantitative estimate of drug-likeness (QED) is 0.729. The molecule has 0 amide bonds. The molecule has 26 heavy (non-hydrogen) atoms. The highest BCUT2D eigenvalue weighted by molar-refractivity contribution is 6.20. The number of hydrogen-bond acceptors (Lipinski definition) is 4. The van der Waals surface area contributed by atoms with Crippen molar-refractivity contribution >= 4 is 17.5 Å². The van der Waals surface area contributed by atoms with Crippen molar-refractivity contribution in [1.82, 2.24) is 0 Å². The van der Waals surface area contributed by atoms with Crippen LogP contribution < -0.4 is 0 Å². The zero-order valence-corrected chi connectivity index (χ0v) is 16.4. The average molecular weight is 356 g/mol. The van der Waals surface area contributed by atoms with Crippen LogP contribution in [0.4, 0.5) is 0 Å². The summed E-state index contributed by atoms with van der Waals surface area (Å²) in [5.41, 5.74) is 3.67. The van der Waals surface area contributed by atoms with Gasteiger partial charge in [-0.1, -0.05) is 31.5 Å². The van der Waals surface area contributed by atoms with Crippen LogP contribution in [0.5, 0.6) is 0 Å². The Labute approximate surface area is 155 Å². The van der Waals surface area contributed by atoms with Gasteiger partial charge in [-0.05, 0) is 69.1 Å². The van der Waals surface area contributed by atoms with Crippen LogP contribution in [0, 0.1) is 26.7 Å². The summed E-state index contributed by atoms with van der Waals surface area (Å²) in [5, 5.41) is 0. The van der Waals surface area contributed by atoms with E-state index in [1.807, 2.05) is 34.6 Å². The van der Waals surface area contributed by atoms with E-state index in [2.05, 4.69) is 12.1 Å². The molecule has 0 N–H and O–H groups in total. The molecule has 1 aromatic carbocycles. The molecule has 0 radical (unpaired) electrons. The molecule has 1 heterocycles. The lowest BCUT2D eigenvalue weighted by molar-refractivity contribution is -0.152. The number of carbonyl (C=O) groups is 2. The van der Waals surface area contributed by atoms with Gasteiger partial charge < -0.3 is 9.47 Å². The minimum Gasteiger partial charge on any atom is -0.447 e. The van der Waals surface area contributed by atoms with Gasteiger partial charge >= 0.3 is 11.9 Å². The van der Waals surface area contributed by atoms with Crippen molar-refractivity contribution in [2.75, 3.05) is 0 Å². The molecule has 3 rings (SSSR count). The van der Waals surface area contributed by atoms with Crippen molar-refractivity contribution in [3.05, 3.63) is 40.1 Å². The van der Waals surface area contributed by atoms with Gasteiger partial charge in [0.2, 0.25) is 0 Å². The fourth-order valence-electron chi connectivity index (χ4n) is 4.29. The van der Waals surface area contributed by atoms with E-state index >= 15 is 0 Å². The van der Waals surface area contributed by atoms with E-state index < -0.39 is 5.60 Å². The Morgan fingerprint density at radius 2 is 1.73 bits per heavy atom. The van der Waals surface area contributed by atoms with Crippen LogP contribution in [0.15, 0.2) is 17.9 Å². The highest BCUT2D eigenvalue weighted by Crippen LogP contribution is 2.49. The van der Waals surface area contributed by atoms with Crippen molar-refractivity contribution in [3.63, 3.8) is 0 Å². The van der Waals surface area contributed by atoms with Crippen LogP contribution in [-0.4, -0.2) is 17.5 Å². The first-order valence-corrected chi connectivity index (χ1v) is 9.50. The minimum atomic E-state index is -0.761. The highest BCUT2D eigenvalue weighted by Gasteiger charge is 2.52. The van der Waals surface area contributed by atoms with E-state index in [9.17, 15) is 9.59 Å². The lowest BCUT2D eigenvalue weighted by Gasteiger charge is -2.25. The highest BCUT2D eigenvalue weighted by atomic mass is 16.6. The predicted octanol–water partition coefficient (Wildman–Crippen LogP) is 4.78. The van der Waals surface area contributed by atoms with Crippen LogP contribution in [-0.2, 0) is 19.1 Å². The fourth-order valence-corrected chi connectivity index (χ4v) is 4.29. The Balaban J connectivity index is 2.14. The second kappa shape index (κ2) is 6.90. The lowest BCUT2D eigenvalue weighted by atomic mass is 9.90. The summed E-state index contributed by atoms with van der Waals surface area (Å²) in [6.45, 7) is 9.97. The van der Waals surface area contributed by atoms with E-state index in [4.69, 9.17) is 9.47 Å². The van der Waals surface area contributed by atoms with Crippen LogP contribution in [0.25, 0.3) is 5.57 Å². The van der Waals surface area contributed by atoms with E-state index in [-0.39, 0.29) is 17.9 Å². The summed E-state index contributed by atoms with van der Waals surface area (Å²) < 4.78 is 11.7. The summed E-state index contributed by atoms with van der Waals surface area (Å²) in [7, 11) is 0. The summed E-state index contributed by atoms with van der Waals surface area (Å²) in [5.74, 6) is -0.0126. The normalized spacial score (nSPS) is 18.8.